The summed E-state index contributed by atoms with van der Waals surface area (Å²) in [4.78, 5) is 7.34. The number of rotatable bonds is 1. The summed E-state index contributed by atoms with van der Waals surface area (Å²) in [5.41, 5.74) is 0.848. The van der Waals surface area contributed by atoms with Crippen molar-refractivity contribution in [3.8, 4) is 11.6 Å². The summed E-state index contributed by atoms with van der Waals surface area (Å²) < 4.78 is 5.72. The molecule has 0 atom stereocenters. The number of pyridine rings is 1. The number of hydrogen-bond acceptors (Lipinski definition) is 4. The van der Waals surface area contributed by atoms with Crippen LogP contribution in [0.1, 0.15) is 0 Å². The number of thiophene rings is 1. The molecule has 1 N–H and O–H groups in total. The van der Waals surface area contributed by atoms with E-state index in [1.54, 1.807) is 11.4 Å². The van der Waals surface area contributed by atoms with E-state index < -0.39 is 0 Å². The third-order valence-electron chi connectivity index (χ3n) is 1.79. The van der Waals surface area contributed by atoms with Crippen molar-refractivity contribution >= 4 is 27.2 Å². The van der Waals surface area contributed by atoms with Gasteiger partial charge >= 0.3 is 0 Å². The molecule has 0 unspecified atom stereocenters. The summed E-state index contributed by atoms with van der Waals surface area (Å²) in [5.74, 6) is 0.376. The van der Waals surface area contributed by atoms with Gasteiger partial charge in [0.1, 0.15) is 5.52 Å². The van der Waals surface area contributed by atoms with E-state index in [1.807, 2.05) is 0 Å². The van der Waals surface area contributed by atoms with Crippen LogP contribution in [-0.2, 0) is 0 Å². The molecule has 5 heteroatoms. The van der Waals surface area contributed by atoms with Crippen molar-refractivity contribution in [1.29, 1.82) is 0 Å². The fraction of sp³-hybridized carbons (Fsp3) is 0.111. The monoisotopic (exact) mass is 206 g/mol. The van der Waals surface area contributed by atoms with Crippen molar-refractivity contribution in [2.75, 3.05) is 7.11 Å². The van der Waals surface area contributed by atoms with Crippen LogP contribution < -0.4 is 4.74 Å². The molecule has 0 bridgehead atoms. The molecule has 0 spiro atoms. The minimum absolute atomic E-state index is 0.125. The van der Waals surface area contributed by atoms with E-state index in [9.17, 15) is 5.11 Å². The third-order valence-corrected chi connectivity index (χ3v) is 2.69. The smallest absolute Gasteiger partial charge is 0.248 e. The van der Waals surface area contributed by atoms with Crippen LogP contribution in [0.2, 0.25) is 0 Å². The summed E-state index contributed by atoms with van der Waals surface area (Å²) in [5, 5.41) is 11.0. The van der Waals surface area contributed by atoms with Gasteiger partial charge in [0.2, 0.25) is 11.6 Å². The Morgan fingerprint density at radius 2 is 2.43 bits per heavy atom. The number of nitrogens with zero attached hydrogens (tertiary/aromatic N) is 2. The number of aromatic hydroxyl groups is 1. The zero-order valence-electron chi connectivity index (χ0n) is 7.31. The Kier molecular flexibility index (Phi) is 1.98. The molecule has 0 saturated carbocycles. The summed E-state index contributed by atoms with van der Waals surface area (Å²) in [6.45, 7) is 6.92. The Morgan fingerprint density at radius 1 is 1.64 bits per heavy atom. The lowest BCUT2D eigenvalue weighted by molar-refractivity contribution is 0.401. The normalized spacial score (nSPS) is 10.0. The minimum Gasteiger partial charge on any atom is -0.505 e. The number of ether oxygens (including phenoxy) is 1. The first-order chi connectivity index (χ1) is 6.76. The van der Waals surface area contributed by atoms with Crippen LogP contribution in [0.15, 0.2) is 11.4 Å². The molecule has 0 aliphatic heterocycles. The molecule has 0 radical (unpaired) electrons. The Morgan fingerprint density at radius 3 is 3.07 bits per heavy atom. The average molecular weight is 206 g/mol. The summed E-state index contributed by atoms with van der Waals surface area (Å²) in [6.07, 6.45) is 0. The molecule has 4 nitrogen and oxygen atoms in total. The predicted molar refractivity (Wildman–Crippen MR) is 54.1 cm³/mol. The maximum absolute atomic E-state index is 9.41. The standard InChI is InChI=1S/C9H6N2O2S/c1-10-5-3-7-8(6(12)4-14-7)11-9(5)13-2/h3-4,12H,2H3. The van der Waals surface area contributed by atoms with Crippen LogP contribution in [0.5, 0.6) is 11.6 Å². The van der Waals surface area contributed by atoms with Crippen LogP contribution in [0, 0.1) is 6.57 Å². The first-order valence-electron chi connectivity index (χ1n) is 3.79. The zero-order valence-corrected chi connectivity index (χ0v) is 8.13. The first-order valence-corrected chi connectivity index (χ1v) is 4.67. The van der Waals surface area contributed by atoms with Gasteiger partial charge in [-0.25, -0.2) is 9.83 Å². The Hall–Kier alpha value is -1.80. The highest BCUT2D eigenvalue weighted by Crippen LogP contribution is 2.36. The first kappa shape index (κ1) is 8.78. The van der Waals surface area contributed by atoms with Crippen molar-refractivity contribution in [3.63, 3.8) is 0 Å². The molecule has 2 rings (SSSR count). The lowest BCUT2D eigenvalue weighted by Gasteiger charge is -2.01. The summed E-state index contributed by atoms with van der Waals surface area (Å²) >= 11 is 1.35. The topological polar surface area (TPSA) is 46.7 Å². The van der Waals surface area contributed by atoms with Gasteiger partial charge in [-0.3, -0.25) is 0 Å². The number of methoxy groups -OCH3 is 1. The highest BCUT2D eigenvalue weighted by molar-refractivity contribution is 7.17. The van der Waals surface area contributed by atoms with E-state index in [2.05, 4.69) is 9.83 Å². The van der Waals surface area contributed by atoms with Crippen LogP contribution in [0.25, 0.3) is 15.1 Å². The van der Waals surface area contributed by atoms with Gasteiger partial charge in [-0.2, -0.15) is 0 Å². The van der Waals surface area contributed by atoms with E-state index in [0.717, 1.165) is 4.70 Å². The van der Waals surface area contributed by atoms with Gasteiger partial charge in [-0.1, -0.05) is 0 Å². The van der Waals surface area contributed by atoms with Crippen LogP contribution >= 0.6 is 11.3 Å². The van der Waals surface area contributed by atoms with Crippen LogP contribution in [-0.4, -0.2) is 17.2 Å². The van der Waals surface area contributed by atoms with E-state index in [0.29, 0.717) is 11.2 Å². The van der Waals surface area contributed by atoms with Gasteiger partial charge in [-0.05, 0) is 6.07 Å². The minimum atomic E-state index is 0.125. The highest BCUT2D eigenvalue weighted by Gasteiger charge is 2.10. The summed E-state index contributed by atoms with van der Waals surface area (Å²) in [6, 6.07) is 1.67. The predicted octanol–water partition coefficient (Wildman–Crippen LogP) is 2.56. The molecule has 0 aromatic carbocycles. The Balaban J connectivity index is 2.79. The molecule has 0 aliphatic carbocycles. The van der Waals surface area contributed by atoms with Gasteiger partial charge in [0.25, 0.3) is 0 Å². The molecule has 14 heavy (non-hydrogen) atoms. The zero-order chi connectivity index (χ0) is 10.1. The fourth-order valence-corrected chi connectivity index (χ4v) is 1.94. The molecule has 70 valence electrons. The summed E-state index contributed by atoms with van der Waals surface area (Å²) in [7, 11) is 1.45. The van der Waals surface area contributed by atoms with E-state index >= 15 is 0 Å². The molecule has 2 aromatic rings. The molecule has 0 fully saturated rings. The van der Waals surface area contributed by atoms with Crippen molar-refractivity contribution in [1.82, 2.24) is 4.98 Å². The largest absolute Gasteiger partial charge is 0.505 e. The van der Waals surface area contributed by atoms with Crippen molar-refractivity contribution < 1.29 is 9.84 Å². The molecular formula is C9H6N2O2S. The fourth-order valence-electron chi connectivity index (χ4n) is 1.15. The van der Waals surface area contributed by atoms with Gasteiger partial charge in [-0.15, -0.1) is 11.3 Å². The molecule has 0 amide bonds. The van der Waals surface area contributed by atoms with Gasteiger partial charge < -0.3 is 9.84 Å². The average Bonchev–Trinajstić information content (AvgIpc) is 2.58. The number of aromatic nitrogens is 1. The van der Waals surface area contributed by atoms with Crippen LogP contribution in [0.3, 0.4) is 0 Å². The highest BCUT2D eigenvalue weighted by atomic mass is 32.1. The molecular weight excluding hydrogens is 200 g/mol. The number of fused-ring (bicyclic) bond motifs is 1. The third kappa shape index (κ3) is 1.17. The van der Waals surface area contributed by atoms with Gasteiger partial charge in [0.05, 0.1) is 13.7 Å². The second-order valence-corrected chi connectivity index (χ2v) is 3.51. The Labute approximate surface area is 84.2 Å². The number of hydrogen-bond donors (Lipinski definition) is 1. The molecule has 2 aromatic heterocycles. The van der Waals surface area contributed by atoms with Crippen molar-refractivity contribution in [2.45, 2.75) is 0 Å². The van der Waals surface area contributed by atoms with Crippen molar-refractivity contribution in [2.24, 2.45) is 0 Å². The second-order valence-electron chi connectivity index (χ2n) is 2.60. The SMILES string of the molecule is [C-]#[N+]c1cc2scc(O)c2nc1OC. The molecule has 2 heterocycles. The van der Waals surface area contributed by atoms with Gasteiger partial charge in [0, 0.05) is 10.1 Å². The Bertz CT molecular complexity index is 527. The lowest BCUT2D eigenvalue weighted by atomic mass is 10.3. The maximum atomic E-state index is 9.41. The van der Waals surface area contributed by atoms with Crippen LogP contribution in [0.4, 0.5) is 5.69 Å². The second kappa shape index (κ2) is 3.16. The van der Waals surface area contributed by atoms with Gasteiger partial charge in [0.15, 0.2) is 5.75 Å². The van der Waals surface area contributed by atoms with E-state index in [1.165, 1.54) is 18.4 Å². The molecule has 0 saturated heterocycles. The van der Waals surface area contributed by atoms with Crippen molar-refractivity contribution in [3.05, 3.63) is 22.9 Å². The van der Waals surface area contributed by atoms with E-state index in [4.69, 9.17) is 11.3 Å². The lowest BCUT2D eigenvalue weighted by Crippen LogP contribution is -1.86. The maximum Gasteiger partial charge on any atom is 0.248 e. The quantitative estimate of drug-likeness (QED) is 0.729. The molecule has 0 aliphatic rings. The van der Waals surface area contributed by atoms with E-state index in [-0.39, 0.29) is 11.6 Å².